The Morgan fingerprint density at radius 1 is 1.23 bits per heavy atom. The number of amides is 1. The van der Waals surface area contributed by atoms with E-state index in [1.807, 2.05) is 53.1 Å². The van der Waals surface area contributed by atoms with Gasteiger partial charge in [-0.2, -0.15) is 11.3 Å². The van der Waals surface area contributed by atoms with Crippen LogP contribution in [0.3, 0.4) is 0 Å². The van der Waals surface area contributed by atoms with Crippen LogP contribution >= 0.6 is 11.3 Å². The monoisotopic (exact) mass is 366 g/mol. The Bertz CT molecular complexity index is 844. The zero-order valence-corrected chi connectivity index (χ0v) is 15.4. The van der Waals surface area contributed by atoms with Crippen LogP contribution in [-0.2, 0) is 17.8 Å². The Morgan fingerprint density at radius 3 is 3.00 bits per heavy atom. The molecule has 0 saturated carbocycles. The summed E-state index contributed by atoms with van der Waals surface area (Å²) in [5.41, 5.74) is 2.13. The van der Waals surface area contributed by atoms with Crippen molar-refractivity contribution in [3.05, 3.63) is 70.7 Å². The number of thiophene rings is 1. The van der Waals surface area contributed by atoms with Crippen molar-refractivity contribution in [1.82, 2.24) is 19.4 Å². The number of aromatic nitrogens is 3. The number of carbonyl (C=O) groups excluding carboxylic acids is 1. The highest BCUT2D eigenvalue weighted by Gasteiger charge is 2.27. The number of pyridine rings is 1. The normalized spacial score (nSPS) is 17.4. The molecule has 1 atom stereocenters. The third kappa shape index (κ3) is 3.85. The molecule has 0 N–H and O–H groups in total. The standard InChI is InChI=1S/C20H22N4OS/c25-19(12-16-6-11-26-15-16)23-9-3-4-17(13-23)20-22-8-10-24(20)14-18-5-1-2-7-21-18/h1-2,5-8,10-11,15,17H,3-4,9,12-14H2/t17-/m0/s1. The molecule has 6 heteroatoms. The zero-order valence-electron chi connectivity index (χ0n) is 14.6. The summed E-state index contributed by atoms with van der Waals surface area (Å²) in [5, 5.41) is 4.08. The summed E-state index contributed by atoms with van der Waals surface area (Å²) in [5.74, 6) is 1.56. The Kier molecular flexibility index (Phi) is 5.11. The summed E-state index contributed by atoms with van der Waals surface area (Å²) in [6.45, 7) is 2.32. The van der Waals surface area contributed by atoms with Crippen molar-refractivity contribution in [2.24, 2.45) is 0 Å². The first kappa shape index (κ1) is 17.0. The number of nitrogens with zero attached hydrogens (tertiary/aromatic N) is 4. The lowest BCUT2D eigenvalue weighted by Gasteiger charge is -2.32. The molecule has 1 amide bonds. The first-order valence-electron chi connectivity index (χ1n) is 8.99. The van der Waals surface area contributed by atoms with Crippen LogP contribution in [0.2, 0.25) is 0 Å². The average Bonchev–Trinajstić information content (AvgIpc) is 3.35. The second-order valence-corrected chi connectivity index (χ2v) is 7.50. The highest BCUT2D eigenvalue weighted by Crippen LogP contribution is 2.26. The third-order valence-corrected chi connectivity index (χ3v) is 5.61. The van der Waals surface area contributed by atoms with E-state index in [2.05, 4.69) is 19.9 Å². The molecule has 4 heterocycles. The van der Waals surface area contributed by atoms with Gasteiger partial charge in [-0.15, -0.1) is 0 Å². The van der Waals surface area contributed by atoms with Crippen LogP contribution in [0.15, 0.2) is 53.6 Å². The van der Waals surface area contributed by atoms with E-state index in [-0.39, 0.29) is 11.8 Å². The molecule has 1 aliphatic heterocycles. The van der Waals surface area contributed by atoms with Gasteiger partial charge in [-0.05, 0) is 47.4 Å². The first-order valence-corrected chi connectivity index (χ1v) is 9.93. The van der Waals surface area contributed by atoms with Gasteiger partial charge in [0.25, 0.3) is 0 Å². The van der Waals surface area contributed by atoms with Gasteiger partial charge in [0.05, 0.1) is 18.7 Å². The smallest absolute Gasteiger partial charge is 0.227 e. The number of carbonyl (C=O) groups is 1. The molecule has 0 unspecified atom stereocenters. The van der Waals surface area contributed by atoms with E-state index in [4.69, 9.17) is 0 Å². The van der Waals surface area contributed by atoms with Crippen LogP contribution in [0.5, 0.6) is 0 Å². The molecule has 134 valence electrons. The molecule has 0 spiro atoms. The lowest BCUT2D eigenvalue weighted by molar-refractivity contribution is -0.131. The van der Waals surface area contributed by atoms with Crippen LogP contribution in [-0.4, -0.2) is 38.4 Å². The Labute approximate surface area is 157 Å². The molecule has 1 aliphatic rings. The molecule has 1 saturated heterocycles. The highest BCUT2D eigenvalue weighted by atomic mass is 32.1. The van der Waals surface area contributed by atoms with Crippen molar-refractivity contribution in [1.29, 1.82) is 0 Å². The van der Waals surface area contributed by atoms with Gasteiger partial charge in [0.2, 0.25) is 5.91 Å². The van der Waals surface area contributed by atoms with Crippen LogP contribution in [0.4, 0.5) is 0 Å². The molecular weight excluding hydrogens is 344 g/mol. The topological polar surface area (TPSA) is 51.0 Å². The first-order chi connectivity index (χ1) is 12.8. The van der Waals surface area contributed by atoms with E-state index >= 15 is 0 Å². The van der Waals surface area contributed by atoms with Gasteiger partial charge in [0, 0.05) is 37.6 Å². The molecule has 1 fully saturated rings. The highest BCUT2D eigenvalue weighted by molar-refractivity contribution is 7.08. The molecule has 0 aliphatic carbocycles. The fourth-order valence-electron chi connectivity index (χ4n) is 3.57. The molecular formula is C20H22N4OS. The third-order valence-electron chi connectivity index (χ3n) is 4.88. The van der Waals surface area contributed by atoms with Crippen molar-refractivity contribution < 1.29 is 4.79 Å². The molecule has 5 nitrogen and oxygen atoms in total. The van der Waals surface area contributed by atoms with Gasteiger partial charge in [-0.1, -0.05) is 6.07 Å². The Hall–Kier alpha value is -2.47. The minimum atomic E-state index is 0.218. The van der Waals surface area contributed by atoms with Gasteiger partial charge in [-0.25, -0.2) is 4.98 Å². The van der Waals surface area contributed by atoms with Gasteiger partial charge in [-0.3, -0.25) is 9.78 Å². The second kappa shape index (κ2) is 7.83. The summed E-state index contributed by atoms with van der Waals surface area (Å²) in [6.07, 6.45) is 8.27. The van der Waals surface area contributed by atoms with Gasteiger partial charge >= 0.3 is 0 Å². The van der Waals surface area contributed by atoms with Crippen molar-refractivity contribution in [3.63, 3.8) is 0 Å². The van der Waals surface area contributed by atoms with Crippen LogP contribution in [0.1, 0.15) is 35.8 Å². The summed E-state index contributed by atoms with van der Waals surface area (Å²) in [4.78, 5) is 23.7. The zero-order chi connectivity index (χ0) is 17.8. The number of rotatable bonds is 5. The minimum absolute atomic E-state index is 0.218. The molecule has 0 aromatic carbocycles. The molecule has 3 aromatic heterocycles. The van der Waals surface area contributed by atoms with E-state index in [9.17, 15) is 4.79 Å². The van der Waals surface area contributed by atoms with Crippen molar-refractivity contribution >= 4 is 17.2 Å². The van der Waals surface area contributed by atoms with E-state index in [1.54, 1.807) is 11.3 Å². The number of likely N-dealkylation sites (tertiary alicyclic amines) is 1. The molecule has 0 radical (unpaired) electrons. The second-order valence-electron chi connectivity index (χ2n) is 6.72. The SMILES string of the molecule is O=C(Cc1ccsc1)N1CCC[C@H](c2nccn2Cc2ccccn2)C1. The lowest BCUT2D eigenvalue weighted by Crippen LogP contribution is -2.40. The van der Waals surface area contributed by atoms with Gasteiger partial charge < -0.3 is 9.47 Å². The maximum absolute atomic E-state index is 12.6. The summed E-state index contributed by atoms with van der Waals surface area (Å²) in [7, 11) is 0. The van der Waals surface area contributed by atoms with Gasteiger partial charge in [0.15, 0.2) is 0 Å². The maximum atomic E-state index is 12.6. The van der Waals surface area contributed by atoms with Gasteiger partial charge in [0.1, 0.15) is 5.82 Å². The fourth-order valence-corrected chi connectivity index (χ4v) is 4.24. The lowest BCUT2D eigenvalue weighted by atomic mass is 9.96. The predicted octanol–water partition coefficient (Wildman–Crippen LogP) is 3.34. The van der Waals surface area contributed by atoms with Crippen LogP contribution < -0.4 is 0 Å². The molecule has 4 rings (SSSR count). The number of piperidine rings is 1. The fraction of sp³-hybridized carbons (Fsp3) is 0.350. The molecule has 3 aromatic rings. The summed E-state index contributed by atoms with van der Waals surface area (Å²) in [6, 6.07) is 7.99. The predicted molar refractivity (Wildman–Crippen MR) is 102 cm³/mol. The van der Waals surface area contributed by atoms with Crippen molar-refractivity contribution in [2.45, 2.75) is 31.7 Å². The Balaban J connectivity index is 1.45. The molecule has 0 bridgehead atoms. The Morgan fingerprint density at radius 2 is 2.19 bits per heavy atom. The van der Waals surface area contributed by atoms with E-state index < -0.39 is 0 Å². The number of imidazole rings is 1. The van der Waals surface area contributed by atoms with Crippen molar-refractivity contribution in [2.75, 3.05) is 13.1 Å². The number of hydrogen-bond donors (Lipinski definition) is 0. The summed E-state index contributed by atoms with van der Waals surface area (Å²) < 4.78 is 2.17. The van der Waals surface area contributed by atoms with E-state index in [0.29, 0.717) is 6.42 Å². The quantitative estimate of drug-likeness (QED) is 0.696. The largest absolute Gasteiger partial charge is 0.342 e. The number of hydrogen-bond acceptors (Lipinski definition) is 4. The van der Waals surface area contributed by atoms with E-state index in [1.165, 1.54) is 0 Å². The van der Waals surface area contributed by atoms with Crippen LogP contribution in [0, 0.1) is 0 Å². The average molecular weight is 366 g/mol. The summed E-state index contributed by atoms with van der Waals surface area (Å²) >= 11 is 1.64. The van der Waals surface area contributed by atoms with Crippen molar-refractivity contribution in [3.8, 4) is 0 Å². The molecule has 26 heavy (non-hydrogen) atoms. The van der Waals surface area contributed by atoms with E-state index in [0.717, 1.165) is 49.6 Å². The maximum Gasteiger partial charge on any atom is 0.227 e. The van der Waals surface area contributed by atoms with Crippen LogP contribution in [0.25, 0.3) is 0 Å². The minimum Gasteiger partial charge on any atom is -0.342 e.